The number of hydrogen-bond acceptors (Lipinski definition) is 0. The second kappa shape index (κ2) is 12.5. The molecule has 0 aliphatic carbocycles. The van der Waals surface area contributed by atoms with Crippen LogP contribution >= 0.6 is 0 Å². The van der Waals surface area contributed by atoms with E-state index < -0.39 is 0 Å². The Morgan fingerprint density at radius 1 is 0.375 bits per heavy atom. The Morgan fingerprint density at radius 2 is 0.562 bits per heavy atom. The molecule has 0 atom stereocenters. The summed E-state index contributed by atoms with van der Waals surface area (Å²) in [5.41, 5.74) is 0. The van der Waals surface area contributed by atoms with Crippen LogP contribution in [0.1, 0.15) is 0 Å². The van der Waals surface area contributed by atoms with Crippen molar-refractivity contribution in [1.29, 1.82) is 0 Å². The fourth-order valence-corrected chi connectivity index (χ4v) is 0.541. The van der Waals surface area contributed by atoms with Crippen LogP contribution in [0, 0.1) is 113 Å². The van der Waals surface area contributed by atoms with Crippen molar-refractivity contribution < 1.29 is 40.4 Å². The smallest absolute Gasteiger partial charge is 0.999 e. The molecule has 81 valence electrons. The summed E-state index contributed by atoms with van der Waals surface area (Å²) < 4.78 is 0. The van der Waals surface area contributed by atoms with E-state index in [0.717, 1.165) is 0 Å². The summed E-state index contributed by atoms with van der Waals surface area (Å²) in [6, 6.07) is 36.0. The van der Waals surface area contributed by atoms with Gasteiger partial charge in [0.15, 0.2) is 0 Å². The van der Waals surface area contributed by atoms with Gasteiger partial charge in [-0.25, -0.2) is 0 Å². The predicted octanol–water partition coefficient (Wildman–Crippen LogP) is 1.82. The van der Waals surface area contributed by atoms with E-state index in [1.807, 2.05) is 0 Å². The van der Waals surface area contributed by atoms with Crippen LogP contribution in [0.3, 0.4) is 0 Å². The van der Waals surface area contributed by atoms with E-state index in [0.29, 0.717) is 0 Å². The van der Waals surface area contributed by atoms with Crippen molar-refractivity contribution >= 4 is 0 Å². The molecule has 16 heavy (non-hydrogen) atoms. The first kappa shape index (κ1) is 15.4. The van der Waals surface area contributed by atoms with Crippen molar-refractivity contribution in [3.8, 4) is 0 Å². The molecule has 0 N–H and O–H groups in total. The van der Waals surface area contributed by atoms with Gasteiger partial charge in [-0.1, -0.05) is 0 Å². The van der Waals surface area contributed by atoms with Crippen molar-refractivity contribution in [2.75, 3.05) is 0 Å². The van der Waals surface area contributed by atoms with Gasteiger partial charge in [-0.05, 0) is 0 Å². The quantitative estimate of drug-likeness (QED) is 0.551. The van der Waals surface area contributed by atoms with E-state index in [1.165, 1.54) is 0 Å². The summed E-state index contributed by atoms with van der Waals surface area (Å²) in [4.78, 5) is 0. The van der Waals surface area contributed by atoms with E-state index in [1.54, 1.807) is 18.2 Å². The maximum atomic E-state index is 2.62. The molecule has 0 aliphatic heterocycles. The van der Waals surface area contributed by atoms with Gasteiger partial charge in [0.05, 0.1) is 0 Å². The second-order valence-corrected chi connectivity index (χ2v) is 2.05. The van der Waals surface area contributed by atoms with Crippen molar-refractivity contribution in [1.82, 2.24) is 0 Å². The van der Waals surface area contributed by atoms with Gasteiger partial charge in [-0.3, -0.25) is 0 Å². The third kappa shape index (κ3) is 9.92. The minimum absolute atomic E-state index is 0. The molecule has 3 aromatic carbocycles. The Morgan fingerprint density at radius 3 is 0.625 bits per heavy atom. The zero-order valence-electron chi connectivity index (χ0n) is 8.14. The van der Waals surface area contributed by atoms with Crippen LogP contribution in [0.15, 0.2) is 18.2 Å². The monoisotopic (exact) mass is 335 g/mol. The third-order valence-electron chi connectivity index (χ3n) is 1.05. The largest absolute Gasteiger partial charge is 3.00 e. The van der Waals surface area contributed by atoms with Crippen LogP contribution in [0.25, 0.3) is 0 Å². The van der Waals surface area contributed by atoms with Crippen LogP contribution in [-0.2, 0) is 0 Å². The van der Waals surface area contributed by atoms with E-state index in [-0.39, 0.29) is 40.4 Å². The average molecular weight is 334 g/mol. The first-order valence-electron chi connectivity index (χ1n) is 3.98. The molecule has 0 bridgehead atoms. The van der Waals surface area contributed by atoms with E-state index >= 15 is 0 Å². The fourth-order valence-electron chi connectivity index (χ4n) is 0.541. The normalized spacial score (nSPS) is 7.50. The molecule has 1 radical (unpaired) electrons. The topological polar surface area (TPSA) is 0 Å². The van der Waals surface area contributed by atoms with Gasteiger partial charge < -0.3 is 91.0 Å². The Hall–Kier alpha value is -0.612. The minimum Gasteiger partial charge on any atom is -0.999 e. The summed E-state index contributed by atoms with van der Waals surface area (Å²) in [6.45, 7) is 0. The Labute approximate surface area is 130 Å². The summed E-state index contributed by atoms with van der Waals surface area (Å²) in [6.07, 6.45) is 0. The first-order chi connectivity index (χ1) is 7.50. The molecule has 0 heterocycles. The molecular formula is C15H3Sm-12. The van der Waals surface area contributed by atoms with Crippen LogP contribution in [0.4, 0.5) is 0 Å². The van der Waals surface area contributed by atoms with Gasteiger partial charge in [0.2, 0.25) is 0 Å². The summed E-state index contributed by atoms with van der Waals surface area (Å²) in [5.74, 6) is 0. The molecule has 0 amide bonds. The molecule has 0 saturated carbocycles. The zero-order chi connectivity index (χ0) is 10.6. The molecule has 0 nitrogen and oxygen atoms in total. The van der Waals surface area contributed by atoms with E-state index in [9.17, 15) is 0 Å². The Bertz CT molecular complexity index is 237. The van der Waals surface area contributed by atoms with Gasteiger partial charge in [0.25, 0.3) is 0 Å². The van der Waals surface area contributed by atoms with Crippen LogP contribution in [-0.4, -0.2) is 0 Å². The summed E-state index contributed by atoms with van der Waals surface area (Å²) >= 11 is 0. The summed E-state index contributed by atoms with van der Waals surface area (Å²) in [7, 11) is 0. The first-order valence-corrected chi connectivity index (χ1v) is 3.98. The van der Waals surface area contributed by atoms with Crippen molar-refractivity contribution in [2.45, 2.75) is 0 Å². The fraction of sp³-hybridized carbons (Fsp3) is 0. The van der Waals surface area contributed by atoms with Gasteiger partial charge >= 0.3 is 40.4 Å². The van der Waals surface area contributed by atoms with Gasteiger partial charge in [-0.2, -0.15) is 0 Å². The van der Waals surface area contributed by atoms with Gasteiger partial charge in [-0.15, -0.1) is 0 Å². The van der Waals surface area contributed by atoms with Crippen molar-refractivity contribution in [2.24, 2.45) is 0 Å². The third-order valence-corrected chi connectivity index (χ3v) is 1.05. The van der Waals surface area contributed by atoms with Crippen LogP contribution in [0.5, 0.6) is 0 Å². The zero-order valence-corrected chi connectivity index (χ0v) is 10.8. The summed E-state index contributed by atoms with van der Waals surface area (Å²) in [5, 5.41) is 0. The molecule has 1 heteroatoms. The molecule has 0 unspecified atom stereocenters. The van der Waals surface area contributed by atoms with Crippen molar-refractivity contribution in [3.63, 3.8) is 0 Å². The molecule has 3 rings (SSSR count). The SMILES string of the molecule is [Sm+3].[c-]1[c-][c-][cH-][c-]1.[c-]1[c-][c-][cH-][c-]1.[c-]1[c-][c-][cH-][c-]1. The van der Waals surface area contributed by atoms with Gasteiger partial charge in [0.1, 0.15) is 0 Å². The number of rotatable bonds is 0. The Balaban J connectivity index is 0.000000205. The van der Waals surface area contributed by atoms with E-state index in [4.69, 9.17) is 0 Å². The maximum absolute atomic E-state index is 2.62. The molecular weight excluding hydrogens is 331 g/mol. The van der Waals surface area contributed by atoms with Crippen molar-refractivity contribution in [3.05, 3.63) is 91.0 Å². The molecule has 0 aromatic heterocycles. The second-order valence-electron chi connectivity index (χ2n) is 2.05. The van der Waals surface area contributed by atoms with Crippen LogP contribution in [0.2, 0.25) is 0 Å². The van der Waals surface area contributed by atoms with Gasteiger partial charge in [0, 0.05) is 0 Å². The standard InChI is InChI=1S/3C5H.Sm/c3*1-2-4-5-3-1;/h3*1H;/q3*-5;+3. The number of hydrogen-bond donors (Lipinski definition) is 0. The molecule has 0 spiro atoms. The molecule has 0 fully saturated rings. The van der Waals surface area contributed by atoms with E-state index in [2.05, 4.69) is 72.8 Å². The average Bonchev–Trinajstić information content (AvgIpc) is 3.09. The molecule has 0 aliphatic rings. The van der Waals surface area contributed by atoms with Crippen LogP contribution < -0.4 is 0 Å². The Kier molecular flexibility index (Phi) is 12.0. The maximum Gasteiger partial charge on any atom is 3.00 e. The minimum atomic E-state index is 0. The molecule has 0 saturated heterocycles. The molecule has 3 aromatic rings. The predicted molar refractivity (Wildman–Crippen MR) is 52.1 cm³/mol.